The van der Waals surface area contributed by atoms with E-state index >= 15 is 0 Å². The lowest BCUT2D eigenvalue weighted by atomic mass is 10.2. The van der Waals surface area contributed by atoms with E-state index in [4.69, 9.17) is 5.11 Å². The molecule has 0 saturated carbocycles. The predicted octanol–water partition coefficient (Wildman–Crippen LogP) is 4.70. The van der Waals surface area contributed by atoms with Crippen LogP contribution >= 0.6 is 34.4 Å². The first-order chi connectivity index (χ1) is 9.10. The van der Waals surface area contributed by atoms with Gasteiger partial charge in [0.2, 0.25) is 0 Å². The predicted molar refractivity (Wildman–Crippen MR) is 86.1 cm³/mol. The fourth-order valence-electron chi connectivity index (χ4n) is 1.68. The van der Waals surface area contributed by atoms with Gasteiger partial charge >= 0.3 is 5.97 Å². The summed E-state index contributed by atoms with van der Waals surface area (Å²) >= 11 is 4.00. The van der Waals surface area contributed by atoms with Crippen molar-refractivity contribution in [1.82, 2.24) is 0 Å². The molecule has 0 unspecified atom stereocenters. The number of carboxylic acid groups (broad SMARTS) is 1. The Morgan fingerprint density at radius 1 is 1.16 bits per heavy atom. The van der Waals surface area contributed by atoms with E-state index in [1.165, 1.54) is 14.0 Å². The van der Waals surface area contributed by atoms with Crippen LogP contribution in [0.25, 0.3) is 0 Å². The smallest absolute Gasteiger partial charge is 0.335 e. The summed E-state index contributed by atoms with van der Waals surface area (Å²) in [5.74, 6) is -0.890. The molecule has 19 heavy (non-hydrogen) atoms. The maximum atomic E-state index is 10.8. The Bertz CT molecular complexity index is 594. The molecule has 2 rings (SSSR count). The summed E-state index contributed by atoms with van der Waals surface area (Å²) in [6.07, 6.45) is 1.04. The van der Waals surface area contributed by atoms with Gasteiger partial charge in [-0.05, 0) is 71.0 Å². The largest absolute Gasteiger partial charge is 0.478 e. The molecule has 2 aromatic rings. The van der Waals surface area contributed by atoms with Crippen LogP contribution in [0.4, 0.5) is 0 Å². The fraction of sp³-hybridized carbons (Fsp3) is 0.133. The van der Waals surface area contributed by atoms with Gasteiger partial charge in [0.25, 0.3) is 0 Å². The van der Waals surface area contributed by atoms with Gasteiger partial charge in [-0.25, -0.2) is 4.79 Å². The maximum absolute atomic E-state index is 10.8. The molecule has 0 aliphatic heterocycles. The molecule has 0 saturated heterocycles. The normalized spacial score (nSPS) is 10.4. The van der Waals surface area contributed by atoms with Crippen LogP contribution in [0.1, 0.15) is 22.8 Å². The van der Waals surface area contributed by atoms with E-state index < -0.39 is 5.97 Å². The van der Waals surface area contributed by atoms with Gasteiger partial charge in [0.05, 0.1) is 5.56 Å². The average molecular weight is 384 g/mol. The number of halogens is 1. The van der Waals surface area contributed by atoms with Crippen LogP contribution in [0.15, 0.2) is 52.3 Å². The van der Waals surface area contributed by atoms with Gasteiger partial charge in [-0.1, -0.05) is 24.8 Å². The van der Waals surface area contributed by atoms with E-state index in [9.17, 15) is 4.79 Å². The Labute approximate surface area is 130 Å². The maximum Gasteiger partial charge on any atom is 0.335 e. The van der Waals surface area contributed by atoms with Crippen LogP contribution in [0.2, 0.25) is 0 Å². The lowest BCUT2D eigenvalue weighted by molar-refractivity contribution is 0.0697. The Balaban J connectivity index is 2.16. The molecule has 2 aromatic carbocycles. The first kappa shape index (κ1) is 14.4. The summed E-state index contributed by atoms with van der Waals surface area (Å²) in [5, 5.41) is 8.85. The third kappa shape index (κ3) is 3.73. The number of hydrogen-bond acceptors (Lipinski definition) is 2. The second-order valence-electron chi connectivity index (χ2n) is 4.04. The zero-order chi connectivity index (χ0) is 13.8. The molecule has 0 spiro atoms. The molecule has 98 valence electrons. The van der Waals surface area contributed by atoms with Gasteiger partial charge in [-0.15, -0.1) is 0 Å². The van der Waals surface area contributed by atoms with Gasteiger partial charge in [0.1, 0.15) is 0 Å². The average Bonchev–Trinajstić information content (AvgIpc) is 2.39. The highest BCUT2D eigenvalue weighted by molar-refractivity contribution is 14.1. The van der Waals surface area contributed by atoms with E-state index in [0.717, 1.165) is 11.3 Å². The van der Waals surface area contributed by atoms with Crippen LogP contribution in [0.5, 0.6) is 0 Å². The molecule has 0 amide bonds. The lowest BCUT2D eigenvalue weighted by Gasteiger charge is -2.06. The summed E-state index contributed by atoms with van der Waals surface area (Å²) in [6, 6.07) is 13.4. The number of aromatic carboxylic acids is 1. The summed E-state index contributed by atoms with van der Waals surface area (Å²) < 4.78 is 1.27. The number of benzene rings is 2. The number of aryl methyl sites for hydroxylation is 1. The highest BCUT2D eigenvalue weighted by atomic mass is 127. The summed E-state index contributed by atoms with van der Waals surface area (Å²) in [6.45, 7) is 2.15. The molecule has 0 radical (unpaired) electrons. The first-order valence-electron chi connectivity index (χ1n) is 5.90. The highest BCUT2D eigenvalue weighted by Crippen LogP contribution is 2.30. The Morgan fingerprint density at radius 2 is 1.79 bits per heavy atom. The van der Waals surface area contributed by atoms with E-state index in [2.05, 4.69) is 47.7 Å². The number of carboxylic acids is 1. The van der Waals surface area contributed by atoms with Crippen molar-refractivity contribution < 1.29 is 9.90 Å². The second kappa shape index (κ2) is 6.43. The number of rotatable bonds is 4. The van der Waals surface area contributed by atoms with Gasteiger partial charge in [0, 0.05) is 13.4 Å². The van der Waals surface area contributed by atoms with Gasteiger partial charge in [0.15, 0.2) is 0 Å². The topological polar surface area (TPSA) is 37.3 Å². The first-order valence-corrected chi connectivity index (χ1v) is 7.79. The number of hydrogen-bond donors (Lipinski definition) is 1. The minimum atomic E-state index is -0.890. The Morgan fingerprint density at radius 3 is 2.32 bits per heavy atom. The van der Waals surface area contributed by atoms with Crippen molar-refractivity contribution in [3.05, 3.63) is 57.2 Å². The molecular formula is C15H13IO2S. The van der Waals surface area contributed by atoms with Crippen LogP contribution in [-0.4, -0.2) is 11.1 Å². The van der Waals surface area contributed by atoms with Crippen molar-refractivity contribution >= 4 is 40.3 Å². The van der Waals surface area contributed by atoms with Crippen molar-refractivity contribution in [2.75, 3.05) is 0 Å². The fourth-order valence-corrected chi connectivity index (χ4v) is 3.65. The zero-order valence-corrected chi connectivity index (χ0v) is 13.4. The van der Waals surface area contributed by atoms with Crippen LogP contribution < -0.4 is 0 Å². The SMILES string of the molecule is CCc1ccc(Sc2ccc(C(=O)O)cc2)cc1I. The van der Waals surface area contributed by atoms with Crippen molar-refractivity contribution in [2.24, 2.45) is 0 Å². The molecular weight excluding hydrogens is 371 g/mol. The van der Waals surface area contributed by atoms with Crippen molar-refractivity contribution in [1.29, 1.82) is 0 Å². The van der Waals surface area contributed by atoms with Crippen molar-refractivity contribution in [2.45, 2.75) is 23.1 Å². The Kier molecular flexibility index (Phi) is 4.87. The van der Waals surface area contributed by atoms with Crippen LogP contribution in [-0.2, 0) is 6.42 Å². The molecule has 0 aliphatic carbocycles. The van der Waals surface area contributed by atoms with Crippen molar-refractivity contribution in [3.8, 4) is 0 Å². The van der Waals surface area contributed by atoms with E-state index in [1.807, 2.05) is 12.1 Å². The van der Waals surface area contributed by atoms with E-state index in [0.29, 0.717) is 5.56 Å². The van der Waals surface area contributed by atoms with Gasteiger partial charge in [-0.2, -0.15) is 0 Å². The van der Waals surface area contributed by atoms with Crippen LogP contribution in [0, 0.1) is 3.57 Å². The monoisotopic (exact) mass is 384 g/mol. The third-order valence-electron chi connectivity index (χ3n) is 2.74. The zero-order valence-electron chi connectivity index (χ0n) is 10.4. The molecule has 1 N–H and O–H groups in total. The van der Waals surface area contributed by atoms with E-state index in [-0.39, 0.29) is 0 Å². The molecule has 0 aliphatic rings. The Hall–Kier alpha value is -1.01. The third-order valence-corrected chi connectivity index (χ3v) is 4.74. The molecule has 0 atom stereocenters. The molecule has 0 heterocycles. The molecule has 4 heteroatoms. The summed E-state index contributed by atoms with van der Waals surface area (Å²) in [7, 11) is 0. The number of carbonyl (C=O) groups is 1. The molecule has 0 aromatic heterocycles. The van der Waals surface area contributed by atoms with E-state index in [1.54, 1.807) is 23.9 Å². The quantitative estimate of drug-likeness (QED) is 0.777. The summed E-state index contributed by atoms with van der Waals surface area (Å²) in [5.41, 5.74) is 1.67. The molecule has 0 fully saturated rings. The summed E-state index contributed by atoms with van der Waals surface area (Å²) in [4.78, 5) is 13.0. The molecule has 2 nitrogen and oxygen atoms in total. The minimum absolute atomic E-state index is 0.320. The van der Waals surface area contributed by atoms with Gasteiger partial charge < -0.3 is 5.11 Å². The van der Waals surface area contributed by atoms with Gasteiger partial charge in [-0.3, -0.25) is 0 Å². The standard InChI is InChI=1S/C15H13IO2S/c1-2-10-3-8-13(9-14(10)16)19-12-6-4-11(5-7-12)15(17)18/h3-9H,2H2,1H3,(H,17,18). The second-order valence-corrected chi connectivity index (χ2v) is 6.35. The molecule has 0 bridgehead atoms. The van der Waals surface area contributed by atoms with Crippen LogP contribution in [0.3, 0.4) is 0 Å². The minimum Gasteiger partial charge on any atom is -0.478 e. The van der Waals surface area contributed by atoms with Crippen molar-refractivity contribution in [3.63, 3.8) is 0 Å². The lowest BCUT2D eigenvalue weighted by Crippen LogP contribution is -1.94. The highest BCUT2D eigenvalue weighted by Gasteiger charge is 2.04.